The van der Waals surface area contributed by atoms with E-state index in [0.717, 1.165) is 0 Å². The van der Waals surface area contributed by atoms with E-state index in [2.05, 4.69) is 11.3 Å². The second kappa shape index (κ2) is 3.36. The first kappa shape index (κ1) is 9.93. The van der Waals surface area contributed by atoms with Gasteiger partial charge in [-0.15, -0.1) is 0 Å². The van der Waals surface area contributed by atoms with Gasteiger partial charge in [0.15, 0.2) is 0 Å². The maximum Gasteiger partial charge on any atom is 0.459 e. The van der Waals surface area contributed by atoms with Crippen molar-refractivity contribution in [2.75, 3.05) is 0 Å². The molecule has 0 unspecified atom stereocenters. The number of halogens is 5. The molecule has 0 fully saturated rings. The van der Waals surface area contributed by atoms with Crippen molar-refractivity contribution in [2.45, 2.75) is 6.11 Å². The van der Waals surface area contributed by atoms with Gasteiger partial charge in [-0.1, -0.05) is 6.58 Å². The lowest BCUT2D eigenvalue weighted by atomic mass is 10.5. The van der Waals surface area contributed by atoms with Crippen LogP contribution in [0.2, 0.25) is 0 Å². The molecule has 0 amide bonds. The molecule has 0 aliphatic carbocycles. The van der Waals surface area contributed by atoms with Crippen LogP contribution in [0.5, 0.6) is 0 Å². The molecule has 0 aromatic carbocycles. The molecular formula is C5H3F5O. The van der Waals surface area contributed by atoms with Gasteiger partial charge in [-0.2, -0.15) is 22.0 Å². The molecule has 0 radical (unpaired) electrons. The van der Waals surface area contributed by atoms with Gasteiger partial charge in [-0.05, 0) is 0 Å². The van der Waals surface area contributed by atoms with Crippen LogP contribution >= 0.6 is 0 Å². The molecule has 0 bridgehead atoms. The Hall–Kier alpha value is -1.07. The van der Waals surface area contributed by atoms with Crippen LogP contribution in [0.4, 0.5) is 22.0 Å². The molecule has 0 N–H and O–H groups in total. The highest BCUT2D eigenvalue weighted by molar-refractivity contribution is 5.00. The van der Waals surface area contributed by atoms with E-state index in [1.165, 1.54) is 0 Å². The first-order valence-corrected chi connectivity index (χ1v) is 2.29. The molecule has 0 rings (SSSR count). The van der Waals surface area contributed by atoms with Gasteiger partial charge in [-0.25, -0.2) is 0 Å². The van der Waals surface area contributed by atoms with Crippen LogP contribution in [0.3, 0.4) is 0 Å². The SMILES string of the molecule is C=COC(F)(F)C(F)=C(F)F. The van der Waals surface area contributed by atoms with Crippen molar-refractivity contribution in [2.24, 2.45) is 0 Å². The van der Waals surface area contributed by atoms with Gasteiger partial charge in [0, 0.05) is 0 Å². The van der Waals surface area contributed by atoms with Crippen molar-refractivity contribution in [1.82, 2.24) is 0 Å². The fraction of sp³-hybridized carbons (Fsp3) is 0.200. The molecule has 0 heterocycles. The molecule has 0 aliphatic rings. The zero-order valence-corrected chi connectivity index (χ0v) is 5.08. The standard InChI is InChI=1S/C5H3F5O/c1-2-11-5(9,10)3(6)4(7)8/h2H,1H2. The summed E-state index contributed by atoms with van der Waals surface area (Å²) in [5.74, 6) is -2.91. The number of alkyl halides is 2. The average molecular weight is 174 g/mol. The summed E-state index contributed by atoms with van der Waals surface area (Å²) in [5.41, 5.74) is 0. The zero-order chi connectivity index (χ0) is 9.07. The maximum absolute atomic E-state index is 11.9. The Labute approximate surface area is 58.8 Å². The van der Waals surface area contributed by atoms with Crippen molar-refractivity contribution >= 4 is 0 Å². The second-order valence-electron chi connectivity index (χ2n) is 1.38. The molecule has 0 spiro atoms. The normalized spacial score (nSPS) is 10.6. The minimum absolute atomic E-state index is 0.169. The third-order valence-corrected chi connectivity index (χ3v) is 0.653. The van der Waals surface area contributed by atoms with Crippen LogP contribution in [0.1, 0.15) is 0 Å². The largest absolute Gasteiger partial charge is 0.459 e. The Morgan fingerprint density at radius 2 is 1.73 bits per heavy atom. The number of hydrogen-bond donors (Lipinski definition) is 0. The minimum atomic E-state index is -4.62. The van der Waals surface area contributed by atoms with Crippen LogP contribution in [0, 0.1) is 0 Å². The van der Waals surface area contributed by atoms with E-state index in [9.17, 15) is 22.0 Å². The summed E-state index contributed by atoms with van der Waals surface area (Å²) >= 11 is 0. The van der Waals surface area contributed by atoms with Gasteiger partial charge >= 0.3 is 12.2 Å². The smallest absolute Gasteiger partial charge is 0.436 e. The van der Waals surface area contributed by atoms with Crippen molar-refractivity contribution in [3.63, 3.8) is 0 Å². The van der Waals surface area contributed by atoms with Crippen LogP contribution < -0.4 is 0 Å². The van der Waals surface area contributed by atoms with Crippen molar-refractivity contribution in [3.05, 3.63) is 24.7 Å². The fourth-order valence-corrected chi connectivity index (χ4v) is 0.266. The predicted octanol–water partition coefficient (Wildman–Crippen LogP) is 2.82. The molecule has 0 aromatic heterocycles. The lowest BCUT2D eigenvalue weighted by Crippen LogP contribution is -2.19. The molecule has 0 saturated heterocycles. The summed E-state index contributed by atoms with van der Waals surface area (Å²) in [6, 6.07) is 0. The summed E-state index contributed by atoms with van der Waals surface area (Å²) in [7, 11) is 0. The molecule has 11 heavy (non-hydrogen) atoms. The molecule has 0 aromatic rings. The van der Waals surface area contributed by atoms with Gasteiger partial charge in [0.05, 0.1) is 6.26 Å². The third-order valence-electron chi connectivity index (χ3n) is 0.653. The maximum atomic E-state index is 11.9. The highest BCUT2D eigenvalue weighted by Crippen LogP contribution is 2.30. The summed E-state index contributed by atoms with van der Waals surface area (Å²) in [6.45, 7) is 2.65. The van der Waals surface area contributed by atoms with E-state index in [-0.39, 0.29) is 6.26 Å². The van der Waals surface area contributed by atoms with Crippen LogP contribution in [0.15, 0.2) is 24.7 Å². The summed E-state index contributed by atoms with van der Waals surface area (Å²) in [4.78, 5) is 0. The first-order valence-electron chi connectivity index (χ1n) is 2.29. The third kappa shape index (κ3) is 2.57. The number of ether oxygens (including phenoxy) is 1. The van der Waals surface area contributed by atoms with Gasteiger partial charge in [-0.3, -0.25) is 0 Å². The minimum Gasteiger partial charge on any atom is -0.436 e. The molecule has 64 valence electrons. The molecule has 1 nitrogen and oxygen atoms in total. The Balaban J connectivity index is 4.54. The number of hydrogen-bond acceptors (Lipinski definition) is 1. The Morgan fingerprint density at radius 1 is 1.27 bits per heavy atom. The highest BCUT2D eigenvalue weighted by Gasteiger charge is 2.40. The van der Waals surface area contributed by atoms with E-state index in [0.29, 0.717) is 0 Å². The fourth-order valence-electron chi connectivity index (χ4n) is 0.266. The van der Waals surface area contributed by atoms with Gasteiger partial charge < -0.3 is 4.74 Å². The molecule has 0 aliphatic heterocycles. The predicted molar refractivity (Wildman–Crippen MR) is 26.6 cm³/mol. The van der Waals surface area contributed by atoms with Crippen LogP contribution in [-0.4, -0.2) is 6.11 Å². The summed E-state index contributed by atoms with van der Waals surface area (Å²) in [5, 5.41) is 0. The quantitative estimate of drug-likeness (QED) is 0.472. The average Bonchev–Trinajstić information content (AvgIpc) is 1.86. The lowest BCUT2D eigenvalue weighted by Gasteiger charge is -2.10. The van der Waals surface area contributed by atoms with Crippen LogP contribution in [0.25, 0.3) is 0 Å². The monoisotopic (exact) mass is 174 g/mol. The summed E-state index contributed by atoms with van der Waals surface area (Å²) < 4.78 is 60.9. The lowest BCUT2D eigenvalue weighted by molar-refractivity contribution is -0.187. The van der Waals surface area contributed by atoms with Crippen molar-refractivity contribution < 1.29 is 26.7 Å². The second-order valence-corrected chi connectivity index (χ2v) is 1.38. The molecular weight excluding hydrogens is 171 g/mol. The highest BCUT2D eigenvalue weighted by atomic mass is 19.3. The van der Waals surface area contributed by atoms with Gasteiger partial charge in [0.2, 0.25) is 0 Å². The van der Waals surface area contributed by atoms with Crippen LogP contribution in [-0.2, 0) is 4.74 Å². The van der Waals surface area contributed by atoms with E-state index in [1.54, 1.807) is 0 Å². The Morgan fingerprint density at radius 3 is 2.00 bits per heavy atom. The Bertz CT molecular complexity index is 181. The molecule has 0 atom stereocenters. The topological polar surface area (TPSA) is 9.23 Å². The molecule has 0 saturated carbocycles. The summed E-state index contributed by atoms with van der Waals surface area (Å²) in [6.07, 6.45) is -7.57. The van der Waals surface area contributed by atoms with E-state index in [4.69, 9.17) is 0 Å². The number of rotatable bonds is 3. The zero-order valence-electron chi connectivity index (χ0n) is 5.08. The molecule has 6 heteroatoms. The van der Waals surface area contributed by atoms with E-state index < -0.39 is 18.0 Å². The van der Waals surface area contributed by atoms with Gasteiger partial charge in [0.1, 0.15) is 0 Å². The van der Waals surface area contributed by atoms with Crippen molar-refractivity contribution in [3.8, 4) is 0 Å². The Kier molecular flexibility index (Phi) is 3.03. The van der Waals surface area contributed by atoms with Gasteiger partial charge in [0.25, 0.3) is 5.83 Å². The van der Waals surface area contributed by atoms with E-state index >= 15 is 0 Å². The van der Waals surface area contributed by atoms with E-state index in [1.807, 2.05) is 0 Å². The first-order chi connectivity index (χ1) is 4.91. The van der Waals surface area contributed by atoms with Crippen molar-refractivity contribution in [1.29, 1.82) is 0 Å².